The summed E-state index contributed by atoms with van der Waals surface area (Å²) < 4.78 is 0. The van der Waals surface area contributed by atoms with Crippen molar-refractivity contribution in [2.24, 2.45) is 0 Å². The molecule has 0 unspecified atom stereocenters. The van der Waals surface area contributed by atoms with Crippen molar-refractivity contribution in [3.63, 3.8) is 0 Å². The average molecular weight is 225 g/mol. The topological polar surface area (TPSA) is 49.3 Å². The van der Waals surface area contributed by atoms with E-state index in [1.807, 2.05) is 24.3 Å². The van der Waals surface area contributed by atoms with E-state index in [2.05, 4.69) is 5.32 Å². The lowest BCUT2D eigenvalue weighted by Gasteiger charge is -2.03. The van der Waals surface area contributed by atoms with Gasteiger partial charge in [-0.1, -0.05) is 0 Å². The molecule has 1 amide bonds. The fraction of sp³-hybridized carbons (Fsp3) is 0.364. The maximum atomic E-state index is 10.8. The highest BCUT2D eigenvalue weighted by Gasteiger charge is 1.96. The molecular weight excluding hydrogens is 210 g/mol. The van der Waals surface area contributed by atoms with Gasteiger partial charge in [0.2, 0.25) is 5.91 Å². The van der Waals surface area contributed by atoms with Gasteiger partial charge in [-0.3, -0.25) is 4.79 Å². The molecule has 0 saturated heterocycles. The number of thioether (sulfide) groups is 1. The molecule has 0 aliphatic carbocycles. The average Bonchev–Trinajstić information content (AvgIpc) is 2.20. The number of aliphatic hydroxyl groups is 1. The van der Waals surface area contributed by atoms with E-state index in [0.29, 0.717) is 0 Å². The molecule has 3 nitrogen and oxygen atoms in total. The second kappa shape index (κ2) is 6.48. The number of hydrogen-bond donors (Lipinski definition) is 2. The normalized spacial score (nSPS) is 10.0. The SMILES string of the molecule is CC(=O)Nc1ccc(SCCCO)cc1. The van der Waals surface area contributed by atoms with Crippen LogP contribution in [-0.2, 0) is 4.79 Å². The Morgan fingerprint density at radius 3 is 2.60 bits per heavy atom. The van der Waals surface area contributed by atoms with Crippen LogP contribution in [0.3, 0.4) is 0 Å². The van der Waals surface area contributed by atoms with Crippen LogP contribution in [-0.4, -0.2) is 23.4 Å². The lowest BCUT2D eigenvalue weighted by atomic mass is 10.3. The fourth-order valence-corrected chi connectivity index (χ4v) is 1.93. The second-order valence-electron chi connectivity index (χ2n) is 3.13. The van der Waals surface area contributed by atoms with Gasteiger partial charge in [0.15, 0.2) is 0 Å². The minimum atomic E-state index is -0.0596. The van der Waals surface area contributed by atoms with Gasteiger partial charge in [0.25, 0.3) is 0 Å². The Kier molecular flexibility index (Phi) is 5.21. The molecule has 0 aliphatic heterocycles. The van der Waals surface area contributed by atoms with Crippen LogP contribution < -0.4 is 5.32 Å². The fourth-order valence-electron chi connectivity index (χ4n) is 1.09. The van der Waals surface area contributed by atoms with Gasteiger partial charge in [-0.2, -0.15) is 0 Å². The lowest BCUT2D eigenvalue weighted by Crippen LogP contribution is -2.05. The molecule has 15 heavy (non-hydrogen) atoms. The summed E-state index contributed by atoms with van der Waals surface area (Å²) in [5.41, 5.74) is 0.814. The van der Waals surface area contributed by atoms with Crippen LogP contribution >= 0.6 is 11.8 Å². The van der Waals surface area contributed by atoms with Crippen molar-refractivity contribution < 1.29 is 9.90 Å². The monoisotopic (exact) mass is 225 g/mol. The number of hydrogen-bond acceptors (Lipinski definition) is 3. The maximum absolute atomic E-state index is 10.8. The molecule has 2 N–H and O–H groups in total. The first kappa shape index (κ1) is 12.1. The van der Waals surface area contributed by atoms with Crippen LogP contribution in [0.5, 0.6) is 0 Å². The largest absolute Gasteiger partial charge is 0.396 e. The highest BCUT2D eigenvalue weighted by atomic mass is 32.2. The van der Waals surface area contributed by atoms with E-state index < -0.39 is 0 Å². The Labute approximate surface area is 93.9 Å². The van der Waals surface area contributed by atoms with Gasteiger partial charge in [0.05, 0.1) is 0 Å². The zero-order chi connectivity index (χ0) is 11.1. The molecule has 0 radical (unpaired) electrons. The zero-order valence-corrected chi connectivity index (χ0v) is 9.51. The first-order valence-corrected chi connectivity index (χ1v) is 5.82. The highest BCUT2D eigenvalue weighted by Crippen LogP contribution is 2.20. The molecule has 0 fully saturated rings. The molecule has 0 atom stereocenters. The van der Waals surface area contributed by atoms with E-state index in [1.165, 1.54) is 6.92 Å². The first-order chi connectivity index (χ1) is 7.22. The third-order valence-electron chi connectivity index (χ3n) is 1.75. The number of benzene rings is 1. The quantitative estimate of drug-likeness (QED) is 0.596. The number of rotatable bonds is 5. The first-order valence-electron chi connectivity index (χ1n) is 4.83. The summed E-state index contributed by atoms with van der Waals surface area (Å²) in [6.07, 6.45) is 0.804. The number of carbonyl (C=O) groups is 1. The van der Waals surface area contributed by atoms with Gasteiger partial charge in [-0.05, 0) is 30.7 Å². The molecule has 1 rings (SSSR count). The van der Waals surface area contributed by atoms with Crippen molar-refractivity contribution in [2.75, 3.05) is 17.7 Å². The minimum Gasteiger partial charge on any atom is -0.396 e. The maximum Gasteiger partial charge on any atom is 0.221 e. The molecule has 0 spiro atoms. The smallest absolute Gasteiger partial charge is 0.221 e. The predicted octanol–water partition coefficient (Wildman–Crippen LogP) is 2.12. The van der Waals surface area contributed by atoms with Crippen LogP contribution in [0, 0.1) is 0 Å². The Balaban J connectivity index is 2.45. The zero-order valence-electron chi connectivity index (χ0n) is 8.69. The van der Waals surface area contributed by atoms with Crippen molar-refractivity contribution in [3.05, 3.63) is 24.3 Å². The number of carbonyl (C=O) groups excluding carboxylic acids is 1. The van der Waals surface area contributed by atoms with Crippen LogP contribution in [0.25, 0.3) is 0 Å². The summed E-state index contributed by atoms with van der Waals surface area (Å²) in [4.78, 5) is 11.9. The molecule has 0 aliphatic rings. The molecule has 4 heteroatoms. The van der Waals surface area contributed by atoms with Crippen molar-refractivity contribution in [1.29, 1.82) is 0 Å². The van der Waals surface area contributed by atoms with Crippen molar-refractivity contribution in [2.45, 2.75) is 18.2 Å². The molecular formula is C11H15NO2S. The van der Waals surface area contributed by atoms with E-state index in [9.17, 15) is 4.79 Å². The Morgan fingerprint density at radius 1 is 1.40 bits per heavy atom. The third kappa shape index (κ3) is 4.85. The van der Waals surface area contributed by atoms with E-state index in [0.717, 1.165) is 22.8 Å². The van der Waals surface area contributed by atoms with E-state index in [4.69, 9.17) is 5.11 Å². The van der Waals surface area contributed by atoms with Gasteiger partial charge in [0.1, 0.15) is 0 Å². The van der Waals surface area contributed by atoms with E-state index in [1.54, 1.807) is 11.8 Å². The Bertz CT molecular complexity index is 311. The lowest BCUT2D eigenvalue weighted by molar-refractivity contribution is -0.114. The second-order valence-corrected chi connectivity index (χ2v) is 4.30. The minimum absolute atomic E-state index is 0.0596. The Morgan fingerprint density at radius 2 is 2.07 bits per heavy atom. The van der Waals surface area contributed by atoms with Crippen molar-refractivity contribution in [1.82, 2.24) is 0 Å². The van der Waals surface area contributed by atoms with Crippen LogP contribution in [0.2, 0.25) is 0 Å². The predicted molar refractivity (Wildman–Crippen MR) is 63.2 cm³/mol. The summed E-state index contributed by atoms with van der Waals surface area (Å²) in [7, 11) is 0. The summed E-state index contributed by atoms with van der Waals surface area (Å²) in [5.74, 6) is 0.853. The van der Waals surface area contributed by atoms with Gasteiger partial charge < -0.3 is 10.4 Å². The molecule has 0 saturated carbocycles. The molecule has 0 heterocycles. The molecule has 0 bridgehead atoms. The van der Waals surface area contributed by atoms with Crippen LogP contribution in [0.1, 0.15) is 13.3 Å². The van der Waals surface area contributed by atoms with Crippen LogP contribution in [0.15, 0.2) is 29.2 Å². The number of amides is 1. The van der Waals surface area contributed by atoms with Crippen LogP contribution in [0.4, 0.5) is 5.69 Å². The summed E-state index contributed by atoms with van der Waals surface area (Å²) in [6, 6.07) is 7.69. The highest BCUT2D eigenvalue weighted by molar-refractivity contribution is 7.99. The number of nitrogens with one attached hydrogen (secondary N) is 1. The summed E-state index contributed by atoms with van der Waals surface area (Å²) >= 11 is 1.70. The molecule has 1 aromatic rings. The summed E-state index contributed by atoms with van der Waals surface area (Å²) in [6.45, 7) is 1.72. The van der Waals surface area contributed by atoms with Gasteiger partial charge in [-0.25, -0.2) is 0 Å². The summed E-state index contributed by atoms with van der Waals surface area (Å²) in [5, 5.41) is 11.3. The van der Waals surface area contributed by atoms with Crippen molar-refractivity contribution >= 4 is 23.4 Å². The standard InChI is InChI=1S/C11H15NO2S/c1-9(14)12-10-3-5-11(6-4-10)15-8-2-7-13/h3-6,13H,2,7-8H2,1H3,(H,12,14). The van der Waals surface area contributed by atoms with Gasteiger partial charge >= 0.3 is 0 Å². The van der Waals surface area contributed by atoms with E-state index >= 15 is 0 Å². The molecule has 0 aromatic heterocycles. The van der Waals surface area contributed by atoms with Crippen molar-refractivity contribution in [3.8, 4) is 0 Å². The molecule has 1 aromatic carbocycles. The van der Waals surface area contributed by atoms with Gasteiger partial charge in [0, 0.05) is 29.9 Å². The molecule has 82 valence electrons. The van der Waals surface area contributed by atoms with E-state index in [-0.39, 0.29) is 12.5 Å². The number of aliphatic hydroxyl groups excluding tert-OH is 1. The van der Waals surface area contributed by atoms with Gasteiger partial charge in [-0.15, -0.1) is 11.8 Å². The number of anilines is 1. The Hall–Kier alpha value is -1.00. The third-order valence-corrected chi connectivity index (χ3v) is 2.84.